The van der Waals surface area contributed by atoms with E-state index in [1.54, 1.807) is 0 Å². The fourth-order valence-electron chi connectivity index (χ4n) is 1.54. The number of likely N-dealkylation sites (N-methyl/N-ethyl adjacent to an activating group) is 1. The van der Waals surface area contributed by atoms with Crippen molar-refractivity contribution in [1.82, 2.24) is 5.32 Å². The predicted molar refractivity (Wildman–Crippen MR) is 76.7 cm³/mol. The molecule has 0 spiro atoms. The van der Waals surface area contributed by atoms with Crippen molar-refractivity contribution in [3.63, 3.8) is 0 Å². The van der Waals surface area contributed by atoms with Crippen molar-refractivity contribution in [3.8, 4) is 5.75 Å². The van der Waals surface area contributed by atoms with E-state index in [-0.39, 0.29) is 15.5 Å². The highest BCUT2D eigenvalue weighted by Gasteiger charge is 2.18. The van der Waals surface area contributed by atoms with Gasteiger partial charge in [0.2, 0.25) is 0 Å². The van der Waals surface area contributed by atoms with E-state index in [4.69, 9.17) is 4.74 Å². The highest BCUT2D eigenvalue weighted by Crippen LogP contribution is 2.27. The van der Waals surface area contributed by atoms with Gasteiger partial charge in [-0.3, -0.25) is 0 Å². The van der Waals surface area contributed by atoms with Crippen LogP contribution in [-0.4, -0.2) is 49.0 Å². The van der Waals surface area contributed by atoms with Crippen LogP contribution in [0.2, 0.25) is 0 Å². The summed E-state index contributed by atoms with van der Waals surface area (Å²) in [7, 11) is -7.03. The molecule has 0 aromatic heterocycles. The van der Waals surface area contributed by atoms with E-state index in [1.165, 1.54) is 12.1 Å². The van der Waals surface area contributed by atoms with E-state index in [0.29, 0.717) is 13.2 Å². The summed E-state index contributed by atoms with van der Waals surface area (Å²) < 4.78 is 51.8. The molecule has 0 atom stereocenters. The molecule has 1 aromatic carbocycles. The molecule has 0 radical (unpaired) electrons. The number of hydrogen-bond acceptors (Lipinski definition) is 6. The molecule has 0 aliphatic rings. The molecule has 0 fully saturated rings. The van der Waals surface area contributed by atoms with Gasteiger partial charge in [0.15, 0.2) is 19.7 Å². The molecule has 0 aliphatic carbocycles. The summed E-state index contributed by atoms with van der Waals surface area (Å²) in [5, 5.41) is 3.04. The Balaban J connectivity index is 3.12. The lowest BCUT2D eigenvalue weighted by atomic mass is 10.3. The molecular formula is C12H19NO5S2. The van der Waals surface area contributed by atoms with Crippen LogP contribution in [0.15, 0.2) is 28.0 Å². The maximum absolute atomic E-state index is 11.7. The van der Waals surface area contributed by atoms with Gasteiger partial charge in [0.25, 0.3) is 0 Å². The van der Waals surface area contributed by atoms with E-state index in [1.807, 2.05) is 6.92 Å². The van der Waals surface area contributed by atoms with Crippen molar-refractivity contribution in [1.29, 1.82) is 0 Å². The fraction of sp³-hybridized carbons (Fsp3) is 0.500. The van der Waals surface area contributed by atoms with Gasteiger partial charge in [-0.15, -0.1) is 0 Å². The second kappa shape index (κ2) is 6.55. The molecule has 114 valence electrons. The van der Waals surface area contributed by atoms with Crippen molar-refractivity contribution >= 4 is 19.7 Å². The van der Waals surface area contributed by atoms with Gasteiger partial charge in [-0.1, -0.05) is 6.92 Å². The molecule has 1 rings (SSSR count). The Morgan fingerprint density at radius 2 is 1.75 bits per heavy atom. The van der Waals surface area contributed by atoms with Crippen LogP contribution in [0.1, 0.15) is 6.92 Å². The molecule has 20 heavy (non-hydrogen) atoms. The minimum absolute atomic E-state index is 0.0445. The molecule has 8 heteroatoms. The Kier molecular flexibility index (Phi) is 5.55. The van der Waals surface area contributed by atoms with E-state index in [2.05, 4.69) is 5.32 Å². The third kappa shape index (κ3) is 4.77. The first-order valence-corrected chi connectivity index (χ1v) is 9.82. The van der Waals surface area contributed by atoms with Crippen LogP contribution in [0, 0.1) is 0 Å². The fourth-order valence-corrected chi connectivity index (χ4v) is 3.09. The smallest absolute Gasteiger partial charge is 0.179 e. The average molecular weight is 321 g/mol. The first kappa shape index (κ1) is 16.9. The zero-order chi connectivity index (χ0) is 15.4. The maximum Gasteiger partial charge on any atom is 0.179 e. The van der Waals surface area contributed by atoms with E-state index in [0.717, 1.165) is 25.1 Å². The topological polar surface area (TPSA) is 89.5 Å². The Hall–Kier alpha value is -1.12. The minimum atomic E-state index is -3.57. The van der Waals surface area contributed by atoms with Gasteiger partial charge in [-0.2, -0.15) is 0 Å². The SMILES string of the molecule is CCNCCOc1ccc(S(C)(=O)=O)cc1S(C)(=O)=O. The van der Waals surface area contributed by atoms with Crippen molar-refractivity contribution < 1.29 is 21.6 Å². The quantitative estimate of drug-likeness (QED) is 0.735. The van der Waals surface area contributed by atoms with Crippen molar-refractivity contribution in [3.05, 3.63) is 18.2 Å². The monoisotopic (exact) mass is 321 g/mol. The van der Waals surface area contributed by atoms with E-state index < -0.39 is 19.7 Å². The molecular weight excluding hydrogens is 302 g/mol. The highest BCUT2D eigenvalue weighted by atomic mass is 32.2. The van der Waals surface area contributed by atoms with Gasteiger partial charge in [0, 0.05) is 19.1 Å². The van der Waals surface area contributed by atoms with Gasteiger partial charge < -0.3 is 10.1 Å². The second-order valence-electron chi connectivity index (χ2n) is 4.35. The summed E-state index contributed by atoms with van der Waals surface area (Å²) in [5.74, 6) is 0.165. The first-order chi connectivity index (χ1) is 9.16. The summed E-state index contributed by atoms with van der Waals surface area (Å²) in [5.41, 5.74) is 0. The summed E-state index contributed by atoms with van der Waals surface area (Å²) >= 11 is 0. The molecule has 0 saturated heterocycles. The lowest BCUT2D eigenvalue weighted by molar-refractivity contribution is 0.307. The van der Waals surface area contributed by atoms with Gasteiger partial charge in [0.1, 0.15) is 17.3 Å². The predicted octanol–water partition coefficient (Wildman–Crippen LogP) is 0.482. The minimum Gasteiger partial charge on any atom is -0.491 e. The summed E-state index contributed by atoms with van der Waals surface area (Å²) in [4.78, 5) is -0.158. The zero-order valence-corrected chi connectivity index (χ0v) is 13.3. The highest BCUT2D eigenvalue weighted by molar-refractivity contribution is 7.91. The van der Waals surface area contributed by atoms with Crippen LogP contribution in [0.3, 0.4) is 0 Å². The molecule has 0 amide bonds. The maximum atomic E-state index is 11.7. The molecule has 0 saturated carbocycles. The third-order valence-corrected chi connectivity index (χ3v) is 4.76. The molecule has 1 N–H and O–H groups in total. The number of rotatable bonds is 7. The normalized spacial score (nSPS) is 12.3. The largest absolute Gasteiger partial charge is 0.491 e. The molecule has 1 aromatic rings. The molecule has 0 bridgehead atoms. The van der Waals surface area contributed by atoms with Crippen molar-refractivity contribution in [2.75, 3.05) is 32.2 Å². The van der Waals surface area contributed by atoms with Gasteiger partial charge in [-0.25, -0.2) is 16.8 Å². The average Bonchev–Trinajstić information content (AvgIpc) is 2.32. The van der Waals surface area contributed by atoms with Crippen LogP contribution in [0.5, 0.6) is 5.75 Å². The molecule has 6 nitrogen and oxygen atoms in total. The summed E-state index contributed by atoms with van der Waals surface area (Å²) in [6.07, 6.45) is 2.05. The Morgan fingerprint density at radius 1 is 1.10 bits per heavy atom. The Labute approximate surface area is 120 Å². The number of benzene rings is 1. The van der Waals surface area contributed by atoms with Gasteiger partial charge in [-0.05, 0) is 24.7 Å². The van der Waals surface area contributed by atoms with Crippen LogP contribution in [0.25, 0.3) is 0 Å². The van der Waals surface area contributed by atoms with Gasteiger partial charge in [0.05, 0.1) is 4.90 Å². The molecule has 0 aliphatic heterocycles. The number of nitrogens with one attached hydrogen (secondary N) is 1. The first-order valence-electron chi connectivity index (χ1n) is 6.04. The number of hydrogen-bond donors (Lipinski definition) is 1. The summed E-state index contributed by atoms with van der Waals surface area (Å²) in [6, 6.07) is 3.85. The van der Waals surface area contributed by atoms with Crippen LogP contribution in [-0.2, 0) is 19.7 Å². The van der Waals surface area contributed by atoms with E-state index >= 15 is 0 Å². The lowest BCUT2D eigenvalue weighted by Gasteiger charge is -2.11. The van der Waals surface area contributed by atoms with Crippen LogP contribution < -0.4 is 10.1 Å². The third-order valence-electron chi connectivity index (χ3n) is 2.53. The second-order valence-corrected chi connectivity index (χ2v) is 8.35. The standard InChI is InChI=1S/C12H19NO5S2/c1-4-13-7-8-18-11-6-5-10(19(2,14)15)9-12(11)20(3,16)17/h5-6,9,13H,4,7-8H2,1-3H3. The molecule has 0 heterocycles. The number of ether oxygens (including phenoxy) is 1. The zero-order valence-electron chi connectivity index (χ0n) is 11.7. The lowest BCUT2D eigenvalue weighted by Crippen LogP contribution is -2.20. The van der Waals surface area contributed by atoms with Crippen LogP contribution >= 0.6 is 0 Å². The summed E-state index contributed by atoms with van der Waals surface area (Å²) in [6.45, 7) is 3.61. The number of sulfone groups is 2. The van der Waals surface area contributed by atoms with E-state index in [9.17, 15) is 16.8 Å². The molecule has 0 unspecified atom stereocenters. The van der Waals surface area contributed by atoms with Crippen molar-refractivity contribution in [2.45, 2.75) is 16.7 Å². The van der Waals surface area contributed by atoms with Crippen LogP contribution in [0.4, 0.5) is 0 Å². The van der Waals surface area contributed by atoms with Crippen molar-refractivity contribution in [2.24, 2.45) is 0 Å². The Bertz CT molecular complexity index is 665. The Morgan fingerprint density at radius 3 is 2.25 bits per heavy atom. The van der Waals surface area contributed by atoms with Gasteiger partial charge >= 0.3 is 0 Å².